The summed E-state index contributed by atoms with van der Waals surface area (Å²) in [5, 5.41) is 9.36. The number of Topliss-reactive ketones (excluding diaryl/α,β-unsaturated/α-hetero) is 1. The van der Waals surface area contributed by atoms with Crippen LogP contribution in [0.5, 0.6) is 5.75 Å². The molecule has 0 radical (unpaired) electrons. The van der Waals surface area contributed by atoms with Gasteiger partial charge in [0.2, 0.25) is 0 Å². The van der Waals surface area contributed by atoms with Crippen LogP contribution in [0.15, 0.2) is 12.1 Å². The second kappa shape index (κ2) is 5.66. The highest BCUT2D eigenvalue weighted by Gasteiger charge is 2.11. The molecular weight excluding hydrogens is 204 g/mol. The fourth-order valence-corrected chi connectivity index (χ4v) is 1.79. The van der Waals surface area contributed by atoms with Crippen molar-refractivity contribution in [1.29, 1.82) is 0 Å². The summed E-state index contributed by atoms with van der Waals surface area (Å²) >= 11 is 0. The van der Waals surface area contributed by atoms with Crippen LogP contribution in [-0.4, -0.2) is 18.0 Å². The molecule has 88 valence electrons. The summed E-state index contributed by atoms with van der Waals surface area (Å²) in [6.45, 7) is 3.45. The van der Waals surface area contributed by atoms with Crippen molar-refractivity contribution < 1.29 is 14.6 Å². The first kappa shape index (κ1) is 12.7. The van der Waals surface area contributed by atoms with Crippen molar-refractivity contribution in [3.05, 3.63) is 28.8 Å². The molecule has 0 aliphatic rings. The maximum atomic E-state index is 10.9. The molecule has 1 N–H and O–H groups in total. The van der Waals surface area contributed by atoms with Crippen molar-refractivity contribution in [3.8, 4) is 5.75 Å². The predicted molar refractivity (Wildman–Crippen MR) is 62.7 cm³/mol. The van der Waals surface area contributed by atoms with Crippen molar-refractivity contribution in [3.63, 3.8) is 0 Å². The van der Waals surface area contributed by atoms with Crippen molar-refractivity contribution in [2.75, 3.05) is 7.11 Å². The monoisotopic (exact) mass is 222 g/mol. The van der Waals surface area contributed by atoms with E-state index in [0.29, 0.717) is 12.8 Å². The van der Waals surface area contributed by atoms with Gasteiger partial charge in [-0.3, -0.25) is 0 Å². The summed E-state index contributed by atoms with van der Waals surface area (Å²) < 4.78 is 5.27. The second-order valence-electron chi connectivity index (χ2n) is 3.91. The third kappa shape index (κ3) is 2.83. The van der Waals surface area contributed by atoms with Gasteiger partial charge in [-0.05, 0) is 31.4 Å². The van der Waals surface area contributed by atoms with Gasteiger partial charge < -0.3 is 14.6 Å². The van der Waals surface area contributed by atoms with Crippen molar-refractivity contribution in [2.45, 2.75) is 33.3 Å². The number of aliphatic hydroxyl groups excluding tert-OH is 1. The Morgan fingerprint density at radius 2 is 2.12 bits per heavy atom. The van der Waals surface area contributed by atoms with Crippen molar-refractivity contribution in [1.82, 2.24) is 0 Å². The van der Waals surface area contributed by atoms with Gasteiger partial charge in [-0.2, -0.15) is 0 Å². The van der Waals surface area contributed by atoms with Gasteiger partial charge in [0.15, 0.2) is 0 Å². The van der Waals surface area contributed by atoms with Gasteiger partial charge in [-0.25, -0.2) is 0 Å². The Morgan fingerprint density at radius 1 is 1.44 bits per heavy atom. The molecule has 16 heavy (non-hydrogen) atoms. The average Bonchev–Trinajstić information content (AvgIpc) is 2.26. The maximum absolute atomic E-state index is 10.9. The topological polar surface area (TPSA) is 46.5 Å². The number of aryl methyl sites for hydroxylation is 2. The molecule has 0 bridgehead atoms. The van der Waals surface area contributed by atoms with Crippen molar-refractivity contribution in [2.24, 2.45) is 0 Å². The van der Waals surface area contributed by atoms with Gasteiger partial charge in [-0.1, -0.05) is 12.1 Å². The van der Waals surface area contributed by atoms with Crippen LogP contribution >= 0.6 is 0 Å². The van der Waals surface area contributed by atoms with E-state index >= 15 is 0 Å². The Morgan fingerprint density at radius 3 is 2.62 bits per heavy atom. The summed E-state index contributed by atoms with van der Waals surface area (Å²) in [4.78, 5) is 10.9. The van der Waals surface area contributed by atoms with E-state index in [1.807, 2.05) is 19.1 Å². The maximum Gasteiger partial charge on any atom is 0.130 e. The van der Waals surface area contributed by atoms with Gasteiger partial charge >= 0.3 is 0 Å². The standard InChI is InChI=1S/C13H18O3/c1-9-4-6-11(7-5-10(2)15)12(8-14)13(9)16-3/h4,6,14H,5,7-8H2,1-3H3. The second-order valence-corrected chi connectivity index (χ2v) is 3.91. The molecule has 0 spiro atoms. The summed E-state index contributed by atoms with van der Waals surface area (Å²) in [6, 6.07) is 3.90. The van der Waals surface area contributed by atoms with Crippen LogP contribution in [0.25, 0.3) is 0 Å². The van der Waals surface area contributed by atoms with Crippen LogP contribution in [0.3, 0.4) is 0 Å². The highest BCUT2D eigenvalue weighted by Crippen LogP contribution is 2.27. The Hall–Kier alpha value is -1.35. The van der Waals surface area contributed by atoms with Gasteiger partial charge in [0.25, 0.3) is 0 Å². The van der Waals surface area contributed by atoms with Crippen LogP contribution < -0.4 is 4.74 Å². The normalized spacial score (nSPS) is 10.2. The molecule has 0 heterocycles. The summed E-state index contributed by atoms with van der Waals surface area (Å²) in [7, 11) is 1.59. The predicted octanol–water partition coefficient (Wildman–Crippen LogP) is 2.02. The van der Waals surface area contributed by atoms with Crippen LogP contribution in [0.2, 0.25) is 0 Å². The quantitative estimate of drug-likeness (QED) is 0.829. The summed E-state index contributed by atoms with van der Waals surface area (Å²) in [5.74, 6) is 0.881. The number of methoxy groups -OCH3 is 1. The highest BCUT2D eigenvalue weighted by molar-refractivity contribution is 5.75. The first-order valence-electron chi connectivity index (χ1n) is 5.35. The fourth-order valence-electron chi connectivity index (χ4n) is 1.79. The van der Waals surface area contributed by atoms with Crippen LogP contribution in [0, 0.1) is 6.92 Å². The average molecular weight is 222 g/mol. The lowest BCUT2D eigenvalue weighted by Gasteiger charge is -2.14. The van der Waals surface area contributed by atoms with Gasteiger partial charge in [0, 0.05) is 12.0 Å². The molecule has 3 nitrogen and oxygen atoms in total. The number of hydrogen-bond acceptors (Lipinski definition) is 3. The molecule has 0 saturated heterocycles. The van der Waals surface area contributed by atoms with E-state index < -0.39 is 0 Å². The lowest BCUT2D eigenvalue weighted by atomic mass is 9.98. The number of ketones is 1. The number of carbonyl (C=O) groups excluding carboxylic acids is 1. The Balaban J connectivity index is 3.04. The molecule has 0 atom stereocenters. The Labute approximate surface area is 96.1 Å². The number of aliphatic hydroxyl groups is 1. The Bertz CT molecular complexity index is 383. The lowest BCUT2D eigenvalue weighted by molar-refractivity contribution is -0.116. The minimum atomic E-state index is -0.0574. The van der Waals surface area contributed by atoms with E-state index in [1.165, 1.54) is 0 Å². The van der Waals surface area contributed by atoms with Crippen LogP contribution in [0.4, 0.5) is 0 Å². The molecule has 1 aromatic rings. The zero-order valence-corrected chi connectivity index (χ0v) is 10.0. The molecule has 0 aromatic heterocycles. The smallest absolute Gasteiger partial charge is 0.130 e. The summed E-state index contributed by atoms with van der Waals surface area (Å²) in [6.07, 6.45) is 1.15. The molecule has 0 amide bonds. The number of carbonyl (C=O) groups is 1. The van der Waals surface area contributed by atoms with E-state index in [0.717, 1.165) is 22.4 Å². The van der Waals surface area contributed by atoms with E-state index in [4.69, 9.17) is 4.74 Å². The number of ether oxygens (including phenoxy) is 1. The lowest BCUT2D eigenvalue weighted by Crippen LogP contribution is -2.02. The number of hydrogen-bond donors (Lipinski definition) is 1. The molecule has 0 fully saturated rings. The van der Waals surface area contributed by atoms with Crippen molar-refractivity contribution >= 4 is 5.78 Å². The minimum absolute atomic E-state index is 0.0574. The van der Waals surface area contributed by atoms with E-state index in [9.17, 15) is 9.90 Å². The molecule has 1 rings (SSSR count). The molecule has 0 aliphatic carbocycles. The first-order valence-corrected chi connectivity index (χ1v) is 5.35. The van der Waals surface area contributed by atoms with Gasteiger partial charge in [-0.15, -0.1) is 0 Å². The Kier molecular flexibility index (Phi) is 4.50. The molecule has 0 aliphatic heterocycles. The zero-order valence-electron chi connectivity index (χ0n) is 10.0. The van der Waals surface area contributed by atoms with E-state index in [2.05, 4.69) is 0 Å². The molecule has 0 unspecified atom stereocenters. The van der Waals surface area contributed by atoms with E-state index in [1.54, 1.807) is 14.0 Å². The molecule has 1 aromatic carbocycles. The first-order chi connectivity index (χ1) is 7.60. The third-order valence-electron chi connectivity index (χ3n) is 2.66. The SMILES string of the molecule is COc1c(C)ccc(CCC(C)=O)c1CO. The third-order valence-corrected chi connectivity index (χ3v) is 2.66. The molecular formula is C13H18O3. The largest absolute Gasteiger partial charge is 0.496 e. The van der Waals surface area contributed by atoms with Gasteiger partial charge in [0.1, 0.15) is 11.5 Å². The van der Waals surface area contributed by atoms with E-state index in [-0.39, 0.29) is 12.4 Å². The minimum Gasteiger partial charge on any atom is -0.496 e. The fraction of sp³-hybridized carbons (Fsp3) is 0.462. The molecule has 3 heteroatoms. The highest BCUT2D eigenvalue weighted by atomic mass is 16.5. The van der Waals surface area contributed by atoms with Gasteiger partial charge in [0.05, 0.1) is 13.7 Å². The summed E-state index contributed by atoms with van der Waals surface area (Å²) in [5.41, 5.74) is 2.78. The zero-order chi connectivity index (χ0) is 12.1. The molecule has 0 saturated carbocycles. The number of rotatable bonds is 5. The number of benzene rings is 1. The van der Waals surface area contributed by atoms with Crippen LogP contribution in [-0.2, 0) is 17.8 Å². The van der Waals surface area contributed by atoms with Crippen LogP contribution in [0.1, 0.15) is 30.0 Å².